The lowest BCUT2D eigenvalue weighted by molar-refractivity contribution is -0.161. The standard InChI is InChI=1S/C10H12O3/c1-10(13-2,9(11)12)8-6-4-3-5-7-8/h3-7H,1-2H3,(H,11,12)/t10-/m0/s1. The molecule has 0 radical (unpaired) electrons. The predicted octanol–water partition coefficient (Wildman–Crippen LogP) is 1.63. The van der Waals surface area contributed by atoms with Gasteiger partial charge in [0.1, 0.15) is 0 Å². The van der Waals surface area contributed by atoms with Crippen LogP contribution in [0, 0.1) is 0 Å². The van der Waals surface area contributed by atoms with Gasteiger partial charge in [0.15, 0.2) is 5.60 Å². The Morgan fingerprint density at radius 1 is 1.38 bits per heavy atom. The molecule has 0 saturated carbocycles. The molecular formula is C10H12O3. The van der Waals surface area contributed by atoms with Crippen molar-refractivity contribution in [2.45, 2.75) is 12.5 Å². The molecule has 0 amide bonds. The minimum atomic E-state index is -1.25. The average molecular weight is 180 g/mol. The lowest BCUT2D eigenvalue weighted by Crippen LogP contribution is -2.34. The number of aliphatic carboxylic acids is 1. The summed E-state index contributed by atoms with van der Waals surface area (Å²) in [6.07, 6.45) is 0. The van der Waals surface area contributed by atoms with Crippen LogP contribution in [0.15, 0.2) is 30.3 Å². The maximum Gasteiger partial charge on any atom is 0.340 e. The Hall–Kier alpha value is -1.35. The molecule has 0 spiro atoms. The first-order valence-corrected chi connectivity index (χ1v) is 3.95. The van der Waals surface area contributed by atoms with Gasteiger partial charge in [-0.15, -0.1) is 0 Å². The van der Waals surface area contributed by atoms with Gasteiger partial charge >= 0.3 is 5.97 Å². The molecule has 13 heavy (non-hydrogen) atoms. The van der Waals surface area contributed by atoms with Crippen LogP contribution < -0.4 is 0 Å². The third-order valence-corrected chi connectivity index (χ3v) is 2.14. The number of carboxylic acid groups (broad SMARTS) is 1. The normalized spacial score (nSPS) is 14.9. The van der Waals surface area contributed by atoms with Crippen molar-refractivity contribution in [3.8, 4) is 0 Å². The summed E-state index contributed by atoms with van der Waals surface area (Å²) >= 11 is 0. The highest BCUT2D eigenvalue weighted by molar-refractivity contribution is 5.78. The SMILES string of the molecule is CO[C@](C)(C(=O)O)c1ccccc1. The van der Waals surface area contributed by atoms with E-state index >= 15 is 0 Å². The van der Waals surface area contributed by atoms with Gasteiger partial charge in [-0.2, -0.15) is 0 Å². The highest BCUT2D eigenvalue weighted by Gasteiger charge is 2.34. The Labute approximate surface area is 77.0 Å². The maximum atomic E-state index is 10.9. The van der Waals surface area contributed by atoms with E-state index in [1.807, 2.05) is 6.07 Å². The molecule has 0 bridgehead atoms. The zero-order chi connectivity index (χ0) is 9.90. The molecular weight excluding hydrogens is 168 g/mol. The molecule has 0 saturated heterocycles. The van der Waals surface area contributed by atoms with Crippen LogP contribution in [0.25, 0.3) is 0 Å². The predicted molar refractivity (Wildman–Crippen MR) is 48.4 cm³/mol. The first kappa shape index (κ1) is 9.74. The Morgan fingerprint density at radius 2 is 1.92 bits per heavy atom. The van der Waals surface area contributed by atoms with Crippen LogP contribution in [0.2, 0.25) is 0 Å². The molecule has 0 aliphatic heterocycles. The van der Waals surface area contributed by atoms with Crippen molar-refractivity contribution in [3.05, 3.63) is 35.9 Å². The molecule has 0 fully saturated rings. The lowest BCUT2D eigenvalue weighted by atomic mass is 9.96. The minimum Gasteiger partial charge on any atom is -0.479 e. The molecule has 0 aliphatic rings. The van der Waals surface area contributed by atoms with Crippen molar-refractivity contribution < 1.29 is 14.6 Å². The van der Waals surface area contributed by atoms with Crippen molar-refractivity contribution in [2.24, 2.45) is 0 Å². The minimum absolute atomic E-state index is 0.644. The topological polar surface area (TPSA) is 46.5 Å². The zero-order valence-corrected chi connectivity index (χ0v) is 7.65. The molecule has 1 rings (SSSR count). The Morgan fingerprint density at radius 3 is 2.31 bits per heavy atom. The molecule has 1 N–H and O–H groups in total. The summed E-state index contributed by atoms with van der Waals surface area (Å²) in [4.78, 5) is 10.9. The number of hydrogen-bond donors (Lipinski definition) is 1. The van der Waals surface area contributed by atoms with E-state index in [-0.39, 0.29) is 0 Å². The molecule has 1 aromatic carbocycles. The molecule has 0 heterocycles. The van der Waals surface area contributed by atoms with Crippen molar-refractivity contribution in [3.63, 3.8) is 0 Å². The van der Waals surface area contributed by atoms with Crippen molar-refractivity contribution in [1.29, 1.82) is 0 Å². The summed E-state index contributed by atoms with van der Waals surface area (Å²) in [6.45, 7) is 1.53. The van der Waals surface area contributed by atoms with Crippen molar-refractivity contribution >= 4 is 5.97 Å². The van der Waals surface area contributed by atoms with E-state index < -0.39 is 11.6 Å². The molecule has 0 aliphatic carbocycles. The number of rotatable bonds is 3. The first-order valence-electron chi connectivity index (χ1n) is 3.95. The van der Waals surface area contributed by atoms with Gasteiger partial charge in [0, 0.05) is 7.11 Å². The first-order chi connectivity index (χ1) is 6.11. The molecule has 1 aromatic rings. The van der Waals surface area contributed by atoms with Crippen LogP contribution >= 0.6 is 0 Å². The second-order valence-corrected chi connectivity index (χ2v) is 2.91. The summed E-state index contributed by atoms with van der Waals surface area (Å²) in [6, 6.07) is 8.88. The van der Waals surface area contributed by atoms with Crippen LogP contribution in [-0.2, 0) is 15.1 Å². The van der Waals surface area contributed by atoms with Crippen LogP contribution in [0.5, 0.6) is 0 Å². The number of carboxylic acids is 1. The molecule has 1 atom stereocenters. The molecule has 0 aromatic heterocycles. The van der Waals surface area contributed by atoms with E-state index in [0.717, 1.165) is 0 Å². The van der Waals surface area contributed by atoms with Gasteiger partial charge in [-0.25, -0.2) is 4.79 Å². The summed E-state index contributed by atoms with van der Waals surface area (Å²) in [7, 11) is 1.39. The Balaban J connectivity index is 3.11. The van der Waals surface area contributed by atoms with Gasteiger partial charge < -0.3 is 9.84 Å². The van der Waals surface area contributed by atoms with Gasteiger partial charge in [0.05, 0.1) is 0 Å². The van der Waals surface area contributed by atoms with E-state index in [9.17, 15) is 4.79 Å². The van der Waals surface area contributed by atoms with Crippen LogP contribution in [0.1, 0.15) is 12.5 Å². The Bertz CT molecular complexity index is 294. The second-order valence-electron chi connectivity index (χ2n) is 2.91. The maximum absolute atomic E-state index is 10.9. The average Bonchev–Trinajstić information content (AvgIpc) is 2.17. The number of carbonyl (C=O) groups is 1. The fourth-order valence-electron chi connectivity index (χ4n) is 1.08. The van der Waals surface area contributed by atoms with Crippen molar-refractivity contribution in [1.82, 2.24) is 0 Å². The number of ether oxygens (including phenoxy) is 1. The third-order valence-electron chi connectivity index (χ3n) is 2.14. The van der Waals surface area contributed by atoms with Crippen LogP contribution in [0.3, 0.4) is 0 Å². The van der Waals surface area contributed by atoms with Crippen LogP contribution in [-0.4, -0.2) is 18.2 Å². The second kappa shape index (κ2) is 3.58. The quantitative estimate of drug-likeness (QED) is 0.769. The molecule has 0 unspecified atom stereocenters. The summed E-state index contributed by atoms with van der Waals surface area (Å²) < 4.78 is 4.99. The number of methoxy groups -OCH3 is 1. The number of benzene rings is 1. The zero-order valence-electron chi connectivity index (χ0n) is 7.65. The van der Waals surface area contributed by atoms with Gasteiger partial charge in [-0.1, -0.05) is 30.3 Å². The van der Waals surface area contributed by atoms with Crippen LogP contribution in [0.4, 0.5) is 0 Å². The van der Waals surface area contributed by atoms with E-state index in [4.69, 9.17) is 9.84 Å². The summed E-state index contributed by atoms with van der Waals surface area (Å²) in [5.74, 6) is -0.985. The van der Waals surface area contributed by atoms with Gasteiger partial charge in [-0.3, -0.25) is 0 Å². The lowest BCUT2D eigenvalue weighted by Gasteiger charge is -2.23. The fourth-order valence-corrected chi connectivity index (χ4v) is 1.08. The van der Waals surface area contributed by atoms with Gasteiger partial charge in [-0.05, 0) is 12.5 Å². The monoisotopic (exact) mass is 180 g/mol. The highest BCUT2D eigenvalue weighted by atomic mass is 16.5. The highest BCUT2D eigenvalue weighted by Crippen LogP contribution is 2.24. The summed E-state index contributed by atoms with van der Waals surface area (Å²) in [5.41, 5.74) is -0.605. The largest absolute Gasteiger partial charge is 0.479 e. The molecule has 3 nitrogen and oxygen atoms in total. The van der Waals surface area contributed by atoms with E-state index in [0.29, 0.717) is 5.56 Å². The van der Waals surface area contributed by atoms with Gasteiger partial charge in [0.2, 0.25) is 0 Å². The van der Waals surface area contributed by atoms with Crippen molar-refractivity contribution in [2.75, 3.05) is 7.11 Å². The fraction of sp³-hybridized carbons (Fsp3) is 0.300. The molecule has 70 valence electrons. The summed E-state index contributed by atoms with van der Waals surface area (Å²) in [5, 5.41) is 8.96. The van der Waals surface area contributed by atoms with E-state index in [2.05, 4.69) is 0 Å². The third kappa shape index (κ3) is 1.70. The Kier molecular flexibility index (Phi) is 2.68. The smallest absolute Gasteiger partial charge is 0.340 e. The van der Waals surface area contributed by atoms with E-state index in [1.165, 1.54) is 14.0 Å². The van der Waals surface area contributed by atoms with E-state index in [1.54, 1.807) is 24.3 Å². The molecule has 3 heteroatoms. The number of hydrogen-bond acceptors (Lipinski definition) is 2. The van der Waals surface area contributed by atoms with Gasteiger partial charge in [0.25, 0.3) is 0 Å².